The molecule has 0 aromatic rings. The Morgan fingerprint density at radius 2 is 0.309 bits per heavy atom. The molecule has 0 spiro atoms. The molecule has 810 valence electrons. The number of hydrogen-bond donors (Lipinski definition) is 0. The van der Waals surface area contributed by atoms with Crippen LogP contribution in [0.3, 0.4) is 0 Å². The Bertz CT molecular complexity index is 2680. The lowest BCUT2D eigenvalue weighted by Crippen LogP contribution is -2.43. The summed E-state index contributed by atoms with van der Waals surface area (Å²) in [5.41, 5.74) is 0. The van der Waals surface area contributed by atoms with Gasteiger partial charge in [0.1, 0.15) is 24.4 Å². The molecule has 6 atom stereocenters. The molecule has 0 saturated carbocycles. The van der Waals surface area contributed by atoms with Gasteiger partial charge >= 0.3 is 0 Å². The van der Waals surface area contributed by atoms with Crippen LogP contribution in [0, 0.1) is 0 Å². The molecule has 6 fully saturated rings. The Balaban J connectivity index is 0.00000103. The van der Waals surface area contributed by atoms with E-state index in [1.165, 1.54) is 424 Å². The van der Waals surface area contributed by atoms with E-state index in [1.54, 1.807) is 0 Å². The lowest BCUT2D eigenvalue weighted by molar-refractivity contribution is -0.193. The van der Waals surface area contributed by atoms with Crippen LogP contribution >= 0.6 is 0 Å². The minimum Gasteiger partial charge on any atom is -0.344 e. The van der Waals surface area contributed by atoms with Crippen molar-refractivity contribution < 1.29 is 28.4 Å². The fourth-order valence-electron chi connectivity index (χ4n) is 20.7. The standard InChI is InChI=1S/C43H77NO2.2C42H75NO2.3CH4/c1-4-6-8-10-12-14-16-18-20-22-24-26-28-30-32-34-37-43(45-41-36-39-44(3)40-42(41)46-43)38-35-33-31-29-27-25-23-21-19-17-15-13-11-9-7-5-2;2*1-4-6-8-10-12-14-16-18-20-22-24-26-28-30-32-34-36-42(44-40-38-43(3)39-41(40)45-42)37-35-33-31-29-27-25-23-21-19-17-15-13-11-9-7-5-2;;;/h12-15,18-21,41-42H,4-11,16-17,22-40H2,1-3H3;2*12-15,18-21,40-41H,4-11,16-17,22-39H2,1-3H3;3*1H4/b3*14-12-,15-13-,20-18-,21-19-;;;/t41-,42+;2*40-,41+;;;/m1...../s1. The van der Waals surface area contributed by atoms with E-state index in [0.29, 0.717) is 6.10 Å². The fourth-order valence-corrected chi connectivity index (χ4v) is 20.7. The quantitative estimate of drug-likeness (QED) is 0.0438. The topological polar surface area (TPSA) is 65.1 Å². The highest BCUT2D eigenvalue weighted by atomic mass is 16.8. The van der Waals surface area contributed by atoms with E-state index in [-0.39, 0.29) is 70.2 Å². The van der Waals surface area contributed by atoms with E-state index < -0.39 is 0 Å². The first-order valence-corrected chi connectivity index (χ1v) is 60.0. The predicted octanol–water partition coefficient (Wildman–Crippen LogP) is 40.8. The van der Waals surface area contributed by atoms with Gasteiger partial charge in [-0.3, -0.25) is 0 Å². The summed E-state index contributed by atoms with van der Waals surface area (Å²) in [5.74, 6) is -0.923. The molecule has 6 saturated heterocycles. The highest BCUT2D eigenvalue weighted by molar-refractivity contribution is 5.01. The van der Waals surface area contributed by atoms with Gasteiger partial charge in [0.05, 0.1) is 12.2 Å². The third-order valence-corrected chi connectivity index (χ3v) is 29.2. The van der Waals surface area contributed by atoms with Crippen LogP contribution in [0.2, 0.25) is 0 Å². The molecule has 9 heteroatoms. The van der Waals surface area contributed by atoms with Crippen molar-refractivity contribution in [2.24, 2.45) is 0 Å². The minimum atomic E-state index is -0.314. The molecule has 139 heavy (non-hydrogen) atoms. The molecule has 0 bridgehead atoms. The van der Waals surface area contributed by atoms with E-state index in [1.807, 2.05) is 0 Å². The van der Waals surface area contributed by atoms with Gasteiger partial charge in [0.2, 0.25) is 0 Å². The van der Waals surface area contributed by atoms with Crippen molar-refractivity contribution in [3.63, 3.8) is 0 Å². The Morgan fingerprint density at radius 1 is 0.173 bits per heavy atom. The Labute approximate surface area is 868 Å². The van der Waals surface area contributed by atoms with Crippen molar-refractivity contribution in [1.29, 1.82) is 0 Å². The zero-order chi connectivity index (χ0) is 97.0. The second-order valence-corrected chi connectivity index (χ2v) is 42.7. The van der Waals surface area contributed by atoms with Crippen LogP contribution in [0.15, 0.2) is 146 Å². The van der Waals surface area contributed by atoms with Crippen molar-refractivity contribution in [2.75, 3.05) is 60.4 Å². The van der Waals surface area contributed by atoms with Crippen LogP contribution in [0.4, 0.5) is 0 Å². The number of fused-ring (bicyclic) bond motifs is 3. The molecule has 6 aliphatic heterocycles. The molecule has 0 aliphatic carbocycles. The average molecular weight is 1940 g/mol. The van der Waals surface area contributed by atoms with Crippen molar-refractivity contribution in [3.05, 3.63) is 146 Å². The van der Waals surface area contributed by atoms with Crippen molar-refractivity contribution >= 4 is 0 Å². The molecule has 0 aromatic heterocycles. The fraction of sp³-hybridized carbons (Fsp3) is 0.815. The number of likely N-dealkylation sites (tertiary alicyclic amines) is 3. The van der Waals surface area contributed by atoms with Crippen LogP contribution in [-0.4, -0.2) is 129 Å². The van der Waals surface area contributed by atoms with Crippen LogP contribution < -0.4 is 0 Å². The highest BCUT2D eigenvalue weighted by Gasteiger charge is 2.52. The second kappa shape index (κ2) is 97.9. The third-order valence-electron chi connectivity index (χ3n) is 29.2. The average Bonchev–Trinajstić information content (AvgIpc) is 1.63. The number of rotatable bonds is 90. The summed E-state index contributed by atoms with van der Waals surface area (Å²) in [4.78, 5) is 7.14. The smallest absolute Gasteiger partial charge is 0.169 e. The van der Waals surface area contributed by atoms with Gasteiger partial charge in [0.15, 0.2) is 17.4 Å². The number of likely N-dealkylation sites (N-methyl/N-ethyl adjacent to an activating group) is 3. The van der Waals surface area contributed by atoms with E-state index >= 15 is 0 Å². The first-order valence-electron chi connectivity index (χ1n) is 60.0. The molecule has 9 nitrogen and oxygen atoms in total. The first kappa shape index (κ1) is 134. The molecular weight excluding hydrogens is 1700 g/mol. The summed E-state index contributed by atoms with van der Waals surface area (Å²) in [5, 5.41) is 0. The van der Waals surface area contributed by atoms with Gasteiger partial charge in [-0.1, -0.05) is 441 Å². The summed E-state index contributed by atoms with van der Waals surface area (Å²) < 4.78 is 40.4. The zero-order valence-electron chi connectivity index (χ0n) is 91.7. The summed E-state index contributed by atoms with van der Waals surface area (Å²) in [6, 6.07) is 0. The number of nitrogens with zero attached hydrogens (tertiary/aromatic N) is 3. The largest absolute Gasteiger partial charge is 0.344 e. The molecule has 0 unspecified atom stereocenters. The number of ether oxygens (including phenoxy) is 6. The summed E-state index contributed by atoms with van der Waals surface area (Å²) in [7, 11) is 6.61. The van der Waals surface area contributed by atoms with E-state index in [4.69, 9.17) is 28.4 Å². The minimum absolute atomic E-state index is 0. The molecule has 0 N–H and O–H groups in total. The Hall–Kier alpha value is -3.48. The summed E-state index contributed by atoms with van der Waals surface area (Å²) in [6.45, 7) is 19.9. The maximum atomic E-state index is 6.78. The molecule has 0 aromatic carbocycles. The number of allylic oxidation sites excluding steroid dienone is 24. The predicted molar refractivity (Wildman–Crippen MR) is 619 cm³/mol. The van der Waals surface area contributed by atoms with Gasteiger partial charge < -0.3 is 43.1 Å². The first-order chi connectivity index (χ1) is 67.1. The van der Waals surface area contributed by atoms with Gasteiger partial charge in [-0.2, -0.15) is 0 Å². The Morgan fingerprint density at radius 3 is 0.482 bits per heavy atom. The van der Waals surface area contributed by atoms with Crippen molar-refractivity contribution in [2.45, 2.75) is 625 Å². The Kier molecular flexibility index (Phi) is 94.0. The van der Waals surface area contributed by atoms with Crippen LogP contribution in [-0.2, 0) is 28.4 Å². The summed E-state index contributed by atoms with van der Waals surface area (Å²) >= 11 is 0. The van der Waals surface area contributed by atoms with Crippen LogP contribution in [0.25, 0.3) is 0 Å². The van der Waals surface area contributed by atoms with E-state index in [2.05, 4.69) is 223 Å². The van der Waals surface area contributed by atoms with Crippen molar-refractivity contribution in [3.8, 4) is 0 Å². The van der Waals surface area contributed by atoms with Crippen molar-refractivity contribution in [1.82, 2.24) is 14.7 Å². The van der Waals surface area contributed by atoms with E-state index in [0.717, 1.165) is 123 Å². The number of unbranched alkanes of at least 4 members (excludes halogenated alkanes) is 54. The SMILES string of the molecule is C.C.C.CCCCC/C=C\C/C=C\CCCCCCCCC1(CCCCCCCC/C=C\C/C=C\CCCCC)O[C@H]2CN(C)CC[C@H]2O1.CCCCC/C=C\C/C=C\CCCCCCCCC1(CCCCCCCC/C=C\C/C=C\CCCCC)O[C@H]2CN(C)C[C@H]2O1.CCCCC/C=C\C/C=C\CCCCCCCCC1(CCCCCCCC/C=C\C/C=C\CCCCC)O[C@H]2CN(C)C[C@H]2O1. The van der Waals surface area contributed by atoms with Gasteiger partial charge in [-0.15, -0.1) is 0 Å². The molecular formula is C130H239N3O6. The molecule has 6 heterocycles. The number of piperidine rings is 1. The molecule has 0 amide bonds. The third kappa shape index (κ3) is 75.0. The monoisotopic (exact) mass is 1940 g/mol. The van der Waals surface area contributed by atoms with Crippen LogP contribution in [0.5, 0.6) is 0 Å². The lowest BCUT2D eigenvalue weighted by atomic mass is 9.98. The molecule has 6 rings (SSSR count). The number of hydrogen-bond acceptors (Lipinski definition) is 9. The van der Waals surface area contributed by atoms with Gasteiger partial charge in [-0.25, -0.2) is 0 Å². The molecule has 6 aliphatic rings. The zero-order valence-corrected chi connectivity index (χ0v) is 91.7. The maximum absolute atomic E-state index is 6.78. The highest BCUT2D eigenvalue weighted by Crippen LogP contribution is 2.44. The molecule has 0 radical (unpaired) electrons. The van der Waals surface area contributed by atoms with E-state index in [9.17, 15) is 0 Å². The normalized spacial score (nSPS) is 19.8. The van der Waals surface area contributed by atoms with Gasteiger partial charge in [0, 0.05) is 77.8 Å². The second-order valence-electron chi connectivity index (χ2n) is 42.7. The maximum Gasteiger partial charge on any atom is 0.169 e. The van der Waals surface area contributed by atoms with Gasteiger partial charge in [-0.05, 0) is 259 Å². The lowest BCUT2D eigenvalue weighted by Gasteiger charge is -2.30. The summed E-state index contributed by atoms with van der Waals surface area (Å²) in [6.07, 6.45) is 159. The van der Waals surface area contributed by atoms with Gasteiger partial charge in [0.25, 0.3) is 0 Å². The van der Waals surface area contributed by atoms with Crippen LogP contribution in [0.1, 0.15) is 571 Å².